The van der Waals surface area contributed by atoms with Crippen LogP contribution >= 0.6 is 0 Å². The molecule has 1 aliphatic rings. The summed E-state index contributed by atoms with van der Waals surface area (Å²) in [4.78, 5) is 33.4. The average molecular weight is 423 g/mol. The molecule has 5 heteroatoms. The third-order valence-electron chi connectivity index (χ3n) is 6.07. The van der Waals surface area contributed by atoms with Crippen LogP contribution in [0, 0.1) is 0 Å². The number of fused-ring (bicyclic) bond motifs is 1. The zero-order valence-electron chi connectivity index (χ0n) is 18.9. The largest absolute Gasteiger partial charge is 0.481 e. The zero-order chi connectivity index (χ0) is 22.1. The maximum absolute atomic E-state index is 12.6. The number of rotatable bonds is 11. The molecule has 0 aromatic carbocycles. The van der Waals surface area contributed by atoms with E-state index < -0.39 is 0 Å². The number of carbonyl (C=O) groups excluding carboxylic acids is 2. The number of aromatic nitrogens is 2. The van der Waals surface area contributed by atoms with E-state index in [1.165, 1.54) is 30.5 Å². The lowest BCUT2D eigenvalue weighted by Gasteiger charge is -2.15. The molecule has 3 rings (SSSR count). The first-order valence-electron chi connectivity index (χ1n) is 11.5. The number of unbranched alkanes of at least 4 members (excludes halogenated alkanes) is 1. The lowest BCUT2D eigenvalue weighted by Crippen LogP contribution is -2.11. The lowest BCUT2D eigenvalue weighted by molar-refractivity contribution is -0.120. The number of ether oxygens (including phenoxy) is 1. The first-order valence-corrected chi connectivity index (χ1v) is 11.5. The Morgan fingerprint density at radius 1 is 1.03 bits per heavy atom. The van der Waals surface area contributed by atoms with Gasteiger partial charge in [0.15, 0.2) is 0 Å². The number of ketones is 2. The molecule has 2 heterocycles. The van der Waals surface area contributed by atoms with E-state index >= 15 is 0 Å². The van der Waals surface area contributed by atoms with Crippen LogP contribution in [0.2, 0.25) is 0 Å². The molecule has 0 amide bonds. The number of carbonyl (C=O) groups is 2. The van der Waals surface area contributed by atoms with Gasteiger partial charge in [0.25, 0.3) is 0 Å². The predicted molar refractivity (Wildman–Crippen MR) is 122 cm³/mol. The van der Waals surface area contributed by atoms with E-state index in [2.05, 4.69) is 17.1 Å². The van der Waals surface area contributed by atoms with E-state index in [0.717, 1.165) is 43.4 Å². The van der Waals surface area contributed by atoms with Crippen molar-refractivity contribution < 1.29 is 14.3 Å². The molecule has 2 aromatic heterocycles. The van der Waals surface area contributed by atoms with Crippen molar-refractivity contribution in [1.29, 1.82) is 0 Å². The fourth-order valence-corrected chi connectivity index (χ4v) is 4.36. The summed E-state index contributed by atoms with van der Waals surface area (Å²) in [5.74, 6) is 0.706. The smallest absolute Gasteiger partial charge is 0.212 e. The maximum atomic E-state index is 12.6. The number of nitrogens with zero attached hydrogens (tertiary/aromatic N) is 2. The van der Waals surface area contributed by atoms with Gasteiger partial charge in [0, 0.05) is 42.9 Å². The van der Waals surface area contributed by atoms with Crippen LogP contribution in [-0.4, -0.2) is 28.6 Å². The molecule has 0 radical (unpaired) electrons. The third-order valence-corrected chi connectivity index (χ3v) is 6.07. The molecular weight excluding hydrogens is 388 g/mol. The fourth-order valence-electron chi connectivity index (χ4n) is 4.36. The molecule has 1 atom stereocenters. The van der Waals surface area contributed by atoms with Gasteiger partial charge in [0.2, 0.25) is 5.88 Å². The molecule has 0 saturated carbocycles. The van der Waals surface area contributed by atoms with Crippen molar-refractivity contribution in [3.63, 3.8) is 0 Å². The van der Waals surface area contributed by atoms with Gasteiger partial charge in [-0.3, -0.25) is 9.78 Å². The summed E-state index contributed by atoms with van der Waals surface area (Å²) < 4.78 is 5.10. The van der Waals surface area contributed by atoms with Crippen LogP contribution in [0.3, 0.4) is 0 Å². The van der Waals surface area contributed by atoms with Gasteiger partial charge in [-0.2, -0.15) is 0 Å². The van der Waals surface area contributed by atoms with E-state index in [9.17, 15) is 9.59 Å². The molecule has 31 heavy (non-hydrogen) atoms. The molecule has 0 bridgehead atoms. The quantitative estimate of drug-likeness (QED) is 0.368. The second kappa shape index (κ2) is 11.7. The van der Waals surface area contributed by atoms with E-state index in [4.69, 9.17) is 9.72 Å². The first-order chi connectivity index (χ1) is 15.0. The number of methoxy groups -OCH3 is 1. The highest BCUT2D eigenvalue weighted by molar-refractivity contribution is 5.81. The van der Waals surface area contributed by atoms with E-state index in [-0.39, 0.29) is 17.5 Å². The van der Waals surface area contributed by atoms with Crippen LogP contribution in [-0.2, 0) is 28.9 Å². The first kappa shape index (κ1) is 23.1. The van der Waals surface area contributed by atoms with Gasteiger partial charge in [-0.25, -0.2) is 4.98 Å². The third kappa shape index (κ3) is 7.27. The lowest BCUT2D eigenvalue weighted by atomic mass is 9.89. The second-order valence-corrected chi connectivity index (χ2v) is 8.66. The van der Waals surface area contributed by atoms with Crippen LogP contribution in [0.15, 0.2) is 30.5 Å². The minimum absolute atomic E-state index is 0.0860. The predicted octanol–water partition coefficient (Wildman–Crippen LogP) is 5.19. The summed E-state index contributed by atoms with van der Waals surface area (Å²) in [6.45, 7) is 1.57. The summed E-state index contributed by atoms with van der Waals surface area (Å²) in [6, 6.07) is 8.09. The van der Waals surface area contributed by atoms with Gasteiger partial charge in [-0.1, -0.05) is 18.6 Å². The maximum Gasteiger partial charge on any atom is 0.212 e. The van der Waals surface area contributed by atoms with Crippen LogP contribution in [0.25, 0.3) is 0 Å². The van der Waals surface area contributed by atoms with Crippen LogP contribution in [0.1, 0.15) is 86.7 Å². The van der Waals surface area contributed by atoms with Crippen molar-refractivity contribution >= 4 is 11.6 Å². The van der Waals surface area contributed by atoms with Crippen molar-refractivity contribution in [2.24, 2.45) is 0 Å². The Labute approximate surface area is 185 Å². The normalized spacial score (nSPS) is 14.4. The van der Waals surface area contributed by atoms with Gasteiger partial charge in [-0.15, -0.1) is 0 Å². The molecule has 5 nitrogen and oxygen atoms in total. The summed E-state index contributed by atoms with van der Waals surface area (Å²) in [6.07, 6.45) is 11.8. The Hall–Kier alpha value is -2.56. The Morgan fingerprint density at radius 3 is 2.61 bits per heavy atom. The molecule has 0 spiro atoms. The Bertz CT molecular complexity index is 877. The summed E-state index contributed by atoms with van der Waals surface area (Å²) in [5, 5.41) is 0. The highest BCUT2D eigenvalue weighted by atomic mass is 16.5. The van der Waals surface area contributed by atoms with E-state index in [1.807, 2.05) is 6.07 Å². The van der Waals surface area contributed by atoms with Gasteiger partial charge < -0.3 is 9.53 Å². The Morgan fingerprint density at radius 2 is 1.87 bits per heavy atom. The molecule has 2 aromatic rings. The van der Waals surface area contributed by atoms with Crippen LogP contribution in [0.5, 0.6) is 5.88 Å². The molecular formula is C26H34N2O3. The summed E-state index contributed by atoms with van der Waals surface area (Å²) in [7, 11) is 1.57. The van der Waals surface area contributed by atoms with E-state index in [0.29, 0.717) is 25.1 Å². The topological polar surface area (TPSA) is 69.2 Å². The van der Waals surface area contributed by atoms with Gasteiger partial charge in [0.05, 0.1) is 7.11 Å². The van der Waals surface area contributed by atoms with Crippen molar-refractivity contribution in [2.75, 3.05) is 7.11 Å². The minimum atomic E-state index is -0.116. The number of hydrogen-bond donors (Lipinski definition) is 0. The molecule has 0 saturated heterocycles. The molecule has 0 unspecified atom stereocenters. The number of aryl methyl sites for hydroxylation is 3. The highest BCUT2D eigenvalue weighted by Gasteiger charge is 2.18. The molecule has 0 aliphatic heterocycles. The van der Waals surface area contributed by atoms with Gasteiger partial charge in [0.1, 0.15) is 11.6 Å². The van der Waals surface area contributed by atoms with Crippen LogP contribution in [0.4, 0.5) is 0 Å². The average Bonchev–Trinajstić information content (AvgIpc) is 3.01. The van der Waals surface area contributed by atoms with Gasteiger partial charge in [-0.05, 0) is 75.0 Å². The Balaban J connectivity index is 1.47. The molecule has 1 aliphatic carbocycles. The number of Topliss-reactive ketones (excluding diaryl/α,β-unsaturated/α-hetero) is 2. The van der Waals surface area contributed by atoms with Crippen molar-refractivity contribution in [3.8, 4) is 5.88 Å². The molecule has 0 N–H and O–H groups in total. The summed E-state index contributed by atoms with van der Waals surface area (Å²) in [5.41, 5.74) is 4.76. The standard InChI is InChI=1S/C26H34N2O3/c1-19(29)16-22(21-13-15-26(31-2)27-18-21)17-24(30)10-7-6-9-23-14-12-20-8-4-3-5-11-25(20)28-23/h12-15,18,22H,3-11,16-17H2,1-2H3/t22-/m1/s1. The Kier molecular flexibility index (Phi) is 8.74. The second-order valence-electron chi connectivity index (χ2n) is 8.66. The summed E-state index contributed by atoms with van der Waals surface area (Å²) >= 11 is 0. The van der Waals surface area contributed by atoms with Crippen molar-refractivity contribution in [3.05, 3.63) is 53.0 Å². The number of pyridine rings is 2. The highest BCUT2D eigenvalue weighted by Crippen LogP contribution is 2.26. The van der Waals surface area contributed by atoms with Gasteiger partial charge >= 0.3 is 0 Å². The zero-order valence-corrected chi connectivity index (χ0v) is 18.9. The van der Waals surface area contributed by atoms with Crippen molar-refractivity contribution in [2.45, 2.75) is 83.5 Å². The fraction of sp³-hybridized carbons (Fsp3) is 0.538. The van der Waals surface area contributed by atoms with Crippen molar-refractivity contribution in [1.82, 2.24) is 9.97 Å². The van der Waals surface area contributed by atoms with E-state index in [1.54, 1.807) is 26.3 Å². The molecule has 166 valence electrons. The minimum Gasteiger partial charge on any atom is -0.481 e. The number of hydrogen-bond acceptors (Lipinski definition) is 5. The monoisotopic (exact) mass is 422 g/mol. The SMILES string of the molecule is COc1ccc([C@H](CC(C)=O)CC(=O)CCCCc2ccc3c(n2)CCCCC3)cn1. The molecule has 0 fully saturated rings. The van der Waals surface area contributed by atoms with Crippen LogP contribution < -0.4 is 4.74 Å².